The van der Waals surface area contributed by atoms with Crippen LogP contribution in [0.25, 0.3) is 0 Å². The summed E-state index contributed by atoms with van der Waals surface area (Å²) in [5, 5.41) is 0. The Balaban J connectivity index is 0.00000625. The van der Waals surface area contributed by atoms with Crippen LogP contribution in [0.15, 0.2) is 24.3 Å². The SMILES string of the molecule is CC(C)Cc1ccc(C(C)C(=O)NS(=O)(=O)[C@@H](CN)S(=O)(=O)O)cc1.Cl. The topological polar surface area (TPSA) is 144 Å². The minimum Gasteiger partial charge on any atom is -0.328 e. The molecule has 0 aliphatic rings. The number of rotatable bonds is 8. The zero-order valence-corrected chi connectivity index (χ0v) is 17.2. The molecule has 0 radical (unpaired) electrons. The van der Waals surface area contributed by atoms with Gasteiger partial charge in [0.05, 0.1) is 5.92 Å². The van der Waals surface area contributed by atoms with Gasteiger partial charge in [0.25, 0.3) is 20.1 Å². The fourth-order valence-corrected chi connectivity index (χ4v) is 4.78. The van der Waals surface area contributed by atoms with Crippen LogP contribution in [0.3, 0.4) is 0 Å². The maximum atomic E-state index is 12.2. The van der Waals surface area contributed by atoms with Crippen LogP contribution in [0, 0.1) is 5.92 Å². The van der Waals surface area contributed by atoms with Gasteiger partial charge in [0.2, 0.25) is 10.5 Å². The van der Waals surface area contributed by atoms with Crippen LogP contribution in [-0.4, -0.2) is 38.4 Å². The summed E-state index contributed by atoms with van der Waals surface area (Å²) in [5.74, 6) is -1.26. The van der Waals surface area contributed by atoms with Crippen LogP contribution in [0.1, 0.15) is 37.8 Å². The average Bonchev–Trinajstić information content (AvgIpc) is 2.44. The summed E-state index contributed by atoms with van der Waals surface area (Å²) in [6.45, 7) is 4.78. The molecule has 0 bridgehead atoms. The van der Waals surface area contributed by atoms with E-state index in [-0.39, 0.29) is 12.4 Å². The van der Waals surface area contributed by atoms with Crippen molar-refractivity contribution in [2.45, 2.75) is 37.7 Å². The molecule has 11 heteroatoms. The van der Waals surface area contributed by atoms with Crippen molar-refractivity contribution in [1.29, 1.82) is 0 Å². The van der Waals surface area contributed by atoms with Crippen molar-refractivity contribution in [3.63, 3.8) is 0 Å². The molecular formula is C15H25ClN2O6S2. The summed E-state index contributed by atoms with van der Waals surface area (Å²) in [6.07, 6.45) is 0.877. The molecule has 26 heavy (non-hydrogen) atoms. The number of nitrogens with two attached hydrogens (primary N) is 1. The van der Waals surface area contributed by atoms with Crippen LogP contribution in [0.4, 0.5) is 0 Å². The van der Waals surface area contributed by atoms with Gasteiger partial charge in [-0.3, -0.25) is 14.1 Å². The van der Waals surface area contributed by atoms with Gasteiger partial charge in [0.1, 0.15) is 0 Å². The van der Waals surface area contributed by atoms with Gasteiger partial charge in [0, 0.05) is 6.54 Å². The molecule has 0 spiro atoms. The molecule has 150 valence electrons. The van der Waals surface area contributed by atoms with E-state index in [0.29, 0.717) is 11.5 Å². The Hall–Kier alpha value is -1.20. The van der Waals surface area contributed by atoms with E-state index in [1.54, 1.807) is 16.9 Å². The van der Waals surface area contributed by atoms with Gasteiger partial charge in [-0.25, -0.2) is 8.42 Å². The molecule has 0 saturated heterocycles. The van der Waals surface area contributed by atoms with Crippen molar-refractivity contribution in [3.8, 4) is 0 Å². The van der Waals surface area contributed by atoms with E-state index in [1.165, 1.54) is 6.92 Å². The number of sulfonamides is 1. The molecule has 8 nitrogen and oxygen atoms in total. The third-order valence-corrected chi connectivity index (χ3v) is 7.35. The van der Waals surface area contributed by atoms with Crippen LogP contribution >= 0.6 is 12.4 Å². The second-order valence-electron chi connectivity index (χ2n) is 6.25. The summed E-state index contributed by atoms with van der Waals surface area (Å²) >= 11 is 0. The first kappa shape index (κ1) is 24.8. The third-order valence-electron chi connectivity index (χ3n) is 3.63. The Kier molecular flexibility index (Phi) is 9.21. The number of amides is 1. The van der Waals surface area contributed by atoms with E-state index in [4.69, 9.17) is 10.3 Å². The number of carbonyl (C=O) groups excluding carboxylic acids is 1. The van der Waals surface area contributed by atoms with Crippen molar-refractivity contribution in [2.24, 2.45) is 11.7 Å². The van der Waals surface area contributed by atoms with Crippen molar-refractivity contribution < 1.29 is 26.2 Å². The molecule has 0 heterocycles. The standard InChI is InChI=1S/C15H24N2O6S2.ClH/c1-10(2)8-12-4-6-13(7-5-12)11(3)15(18)17-24(19,20)14(9-16)25(21,22)23;/h4-7,10-11,14H,8-9,16H2,1-3H3,(H,17,18)(H,21,22,23);1H/t11?,14-;/m1./s1. The molecule has 0 fully saturated rings. The maximum Gasteiger partial charge on any atom is 0.285 e. The monoisotopic (exact) mass is 428 g/mol. The Morgan fingerprint density at radius 2 is 1.62 bits per heavy atom. The summed E-state index contributed by atoms with van der Waals surface area (Å²) in [7, 11) is -9.62. The smallest absolute Gasteiger partial charge is 0.285 e. The zero-order chi connectivity index (χ0) is 19.4. The average molecular weight is 429 g/mol. The van der Waals surface area contributed by atoms with E-state index in [9.17, 15) is 21.6 Å². The molecule has 0 saturated carbocycles. The molecule has 1 unspecified atom stereocenters. The first-order chi connectivity index (χ1) is 11.4. The molecule has 1 rings (SSSR count). The Morgan fingerprint density at radius 1 is 1.12 bits per heavy atom. The number of hydrogen-bond donors (Lipinski definition) is 3. The molecule has 0 aliphatic heterocycles. The minimum absolute atomic E-state index is 0. The predicted molar refractivity (Wildman–Crippen MR) is 102 cm³/mol. The minimum atomic E-state index is -4.95. The lowest BCUT2D eigenvalue weighted by molar-refractivity contribution is -0.120. The lowest BCUT2D eigenvalue weighted by Gasteiger charge is -2.17. The molecule has 4 N–H and O–H groups in total. The van der Waals surface area contributed by atoms with Gasteiger partial charge in [-0.05, 0) is 30.4 Å². The highest BCUT2D eigenvalue weighted by molar-refractivity contribution is 8.06. The van der Waals surface area contributed by atoms with E-state index < -0.39 is 43.1 Å². The van der Waals surface area contributed by atoms with E-state index in [2.05, 4.69) is 13.8 Å². The number of halogens is 1. The number of benzene rings is 1. The maximum absolute atomic E-state index is 12.2. The Labute approximate surface area is 160 Å². The summed E-state index contributed by atoms with van der Waals surface area (Å²) in [5.41, 5.74) is 6.77. The number of carbonyl (C=O) groups is 1. The van der Waals surface area contributed by atoms with Crippen LogP contribution < -0.4 is 10.5 Å². The zero-order valence-electron chi connectivity index (χ0n) is 14.7. The first-order valence-corrected chi connectivity index (χ1v) is 10.7. The molecule has 1 aromatic carbocycles. The van der Waals surface area contributed by atoms with Crippen molar-refractivity contribution >= 4 is 38.5 Å². The quantitative estimate of drug-likeness (QED) is 0.524. The van der Waals surface area contributed by atoms with E-state index in [0.717, 1.165) is 12.0 Å². The first-order valence-electron chi connectivity index (χ1n) is 7.69. The van der Waals surface area contributed by atoms with Crippen LogP contribution in [0.5, 0.6) is 0 Å². The third kappa shape index (κ3) is 6.84. The lowest BCUT2D eigenvalue weighted by atomic mass is 9.96. The summed E-state index contributed by atoms with van der Waals surface area (Å²) < 4.78 is 54.5. The van der Waals surface area contributed by atoms with Gasteiger partial charge in [-0.2, -0.15) is 8.42 Å². The van der Waals surface area contributed by atoms with Crippen molar-refractivity contribution in [1.82, 2.24) is 4.72 Å². The summed E-state index contributed by atoms with van der Waals surface area (Å²) in [6, 6.07) is 7.15. The molecule has 0 aromatic heterocycles. The molecular weight excluding hydrogens is 404 g/mol. The second kappa shape index (κ2) is 9.65. The predicted octanol–water partition coefficient (Wildman–Crippen LogP) is 1.03. The van der Waals surface area contributed by atoms with Crippen molar-refractivity contribution in [2.75, 3.05) is 6.54 Å². The largest absolute Gasteiger partial charge is 0.328 e. The van der Waals surface area contributed by atoms with Gasteiger partial charge in [-0.15, -0.1) is 12.4 Å². The van der Waals surface area contributed by atoms with Crippen LogP contribution in [0.2, 0.25) is 0 Å². The van der Waals surface area contributed by atoms with Crippen LogP contribution in [-0.2, 0) is 31.4 Å². The fraction of sp³-hybridized carbons (Fsp3) is 0.533. The number of hydrogen-bond acceptors (Lipinski definition) is 6. The molecule has 0 aliphatic carbocycles. The Morgan fingerprint density at radius 3 is 2.00 bits per heavy atom. The lowest BCUT2D eigenvalue weighted by Crippen LogP contribution is -2.46. The molecule has 1 amide bonds. The van der Waals surface area contributed by atoms with Gasteiger partial charge < -0.3 is 5.73 Å². The second-order valence-corrected chi connectivity index (χ2v) is 10.0. The highest BCUT2D eigenvalue weighted by atomic mass is 35.5. The van der Waals surface area contributed by atoms with E-state index in [1.807, 2.05) is 12.1 Å². The summed E-state index contributed by atoms with van der Waals surface area (Å²) in [4.78, 5) is 12.2. The highest BCUT2D eigenvalue weighted by Gasteiger charge is 2.37. The fourth-order valence-electron chi connectivity index (χ4n) is 2.27. The van der Waals surface area contributed by atoms with E-state index >= 15 is 0 Å². The molecule has 1 aromatic rings. The Bertz CT molecular complexity index is 807. The highest BCUT2D eigenvalue weighted by Crippen LogP contribution is 2.18. The van der Waals surface area contributed by atoms with Gasteiger partial charge >= 0.3 is 0 Å². The normalized spacial score (nSPS) is 14.4. The van der Waals surface area contributed by atoms with Crippen molar-refractivity contribution in [3.05, 3.63) is 35.4 Å². The number of nitrogens with one attached hydrogen (secondary N) is 1. The van der Waals surface area contributed by atoms with Gasteiger partial charge in [0.15, 0.2) is 0 Å². The molecule has 2 atom stereocenters. The van der Waals surface area contributed by atoms with Gasteiger partial charge in [-0.1, -0.05) is 38.1 Å².